The van der Waals surface area contributed by atoms with E-state index in [0.29, 0.717) is 11.9 Å². The number of anilines is 2. The van der Waals surface area contributed by atoms with Crippen molar-refractivity contribution in [2.45, 2.75) is 20.3 Å². The second kappa shape index (κ2) is 7.81. The molecule has 0 bridgehead atoms. The summed E-state index contributed by atoms with van der Waals surface area (Å²) in [5.74, 6) is 2.04. The van der Waals surface area contributed by atoms with E-state index in [0.717, 1.165) is 31.9 Å². The van der Waals surface area contributed by atoms with Gasteiger partial charge in [0.1, 0.15) is 5.82 Å². The molecule has 6 heteroatoms. The van der Waals surface area contributed by atoms with Gasteiger partial charge in [-0.15, -0.1) is 5.10 Å². The molecule has 0 aliphatic carbocycles. The SMILES string of the molecule is CC(C)CCNc1cnnc(NCCN(C)C)n1. The van der Waals surface area contributed by atoms with Gasteiger partial charge in [-0.3, -0.25) is 0 Å². The lowest BCUT2D eigenvalue weighted by Crippen LogP contribution is -2.21. The number of hydrogen-bond donors (Lipinski definition) is 2. The molecule has 0 unspecified atom stereocenters. The van der Waals surface area contributed by atoms with Gasteiger partial charge in [-0.2, -0.15) is 10.1 Å². The van der Waals surface area contributed by atoms with E-state index in [9.17, 15) is 0 Å². The summed E-state index contributed by atoms with van der Waals surface area (Å²) in [6, 6.07) is 0. The summed E-state index contributed by atoms with van der Waals surface area (Å²) in [5.41, 5.74) is 0. The first kappa shape index (κ1) is 14.6. The normalized spacial score (nSPS) is 11.0. The second-order valence-electron chi connectivity index (χ2n) is 5.00. The Bertz CT molecular complexity index is 310. The van der Waals surface area contributed by atoms with Crippen molar-refractivity contribution in [2.24, 2.45) is 5.92 Å². The fourth-order valence-corrected chi connectivity index (χ4v) is 1.34. The van der Waals surface area contributed by atoms with Crippen molar-refractivity contribution in [3.8, 4) is 0 Å². The summed E-state index contributed by atoms with van der Waals surface area (Å²) < 4.78 is 0. The molecule has 0 fully saturated rings. The van der Waals surface area contributed by atoms with Crippen LogP contribution in [0.5, 0.6) is 0 Å². The highest BCUT2D eigenvalue weighted by molar-refractivity contribution is 5.36. The average molecular weight is 252 g/mol. The molecule has 0 aliphatic heterocycles. The molecule has 102 valence electrons. The molecule has 0 saturated heterocycles. The maximum atomic E-state index is 4.35. The Kier molecular flexibility index (Phi) is 6.35. The fraction of sp³-hybridized carbons (Fsp3) is 0.750. The predicted octanol–water partition coefficient (Wildman–Crippen LogP) is 1.30. The standard InChI is InChI=1S/C12H24N6/c1-10(2)5-6-13-11-9-15-17-12(16-11)14-7-8-18(3)4/h9-10H,5-8H2,1-4H3,(H2,13,14,16,17). The number of nitrogens with zero attached hydrogens (tertiary/aromatic N) is 4. The molecule has 0 radical (unpaired) electrons. The van der Waals surface area contributed by atoms with E-state index < -0.39 is 0 Å². The first-order valence-electron chi connectivity index (χ1n) is 6.40. The Morgan fingerprint density at radius 2 is 2.00 bits per heavy atom. The van der Waals surface area contributed by atoms with Gasteiger partial charge < -0.3 is 15.5 Å². The lowest BCUT2D eigenvalue weighted by molar-refractivity contribution is 0.425. The van der Waals surface area contributed by atoms with Crippen molar-refractivity contribution >= 4 is 11.8 Å². The van der Waals surface area contributed by atoms with E-state index in [1.165, 1.54) is 0 Å². The maximum absolute atomic E-state index is 4.35. The predicted molar refractivity (Wildman–Crippen MR) is 74.8 cm³/mol. The molecule has 18 heavy (non-hydrogen) atoms. The Labute approximate surface area is 109 Å². The Morgan fingerprint density at radius 3 is 2.67 bits per heavy atom. The van der Waals surface area contributed by atoms with E-state index in [1.807, 2.05) is 14.1 Å². The minimum absolute atomic E-state index is 0.575. The summed E-state index contributed by atoms with van der Waals surface area (Å²) in [7, 11) is 4.06. The average Bonchev–Trinajstić information content (AvgIpc) is 2.28. The minimum Gasteiger partial charge on any atom is -0.369 e. The lowest BCUT2D eigenvalue weighted by atomic mass is 10.1. The van der Waals surface area contributed by atoms with Crippen LogP contribution in [0, 0.1) is 5.92 Å². The van der Waals surface area contributed by atoms with Crippen LogP contribution in [-0.2, 0) is 0 Å². The van der Waals surface area contributed by atoms with E-state index in [4.69, 9.17) is 0 Å². The van der Waals surface area contributed by atoms with Gasteiger partial charge >= 0.3 is 0 Å². The summed E-state index contributed by atoms with van der Waals surface area (Å²) in [6.07, 6.45) is 2.77. The van der Waals surface area contributed by atoms with Gasteiger partial charge in [0, 0.05) is 19.6 Å². The molecular formula is C12H24N6. The van der Waals surface area contributed by atoms with Gasteiger partial charge in [0.25, 0.3) is 0 Å². The number of rotatable bonds is 8. The van der Waals surface area contributed by atoms with E-state index in [1.54, 1.807) is 6.20 Å². The zero-order chi connectivity index (χ0) is 13.4. The highest BCUT2D eigenvalue weighted by Gasteiger charge is 2.00. The van der Waals surface area contributed by atoms with Crippen molar-refractivity contribution in [1.29, 1.82) is 0 Å². The molecule has 0 spiro atoms. The molecular weight excluding hydrogens is 228 g/mol. The van der Waals surface area contributed by atoms with Crippen molar-refractivity contribution < 1.29 is 0 Å². The van der Waals surface area contributed by atoms with Crippen LogP contribution in [0.4, 0.5) is 11.8 Å². The van der Waals surface area contributed by atoms with E-state index >= 15 is 0 Å². The van der Waals surface area contributed by atoms with Crippen LogP contribution in [0.15, 0.2) is 6.20 Å². The van der Waals surface area contributed by atoms with Gasteiger partial charge in [0.05, 0.1) is 6.20 Å². The highest BCUT2D eigenvalue weighted by atomic mass is 15.3. The van der Waals surface area contributed by atoms with Gasteiger partial charge in [-0.1, -0.05) is 13.8 Å². The third-order valence-corrected chi connectivity index (χ3v) is 2.43. The number of hydrogen-bond acceptors (Lipinski definition) is 6. The van der Waals surface area contributed by atoms with Gasteiger partial charge in [0.15, 0.2) is 0 Å². The van der Waals surface area contributed by atoms with Crippen molar-refractivity contribution in [2.75, 3.05) is 44.4 Å². The second-order valence-corrected chi connectivity index (χ2v) is 5.00. The van der Waals surface area contributed by atoms with E-state index in [2.05, 4.69) is 44.6 Å². The maximum Gasteiger partial charge on any atom is 0.244 e. The summed E-state index contributed by atoms with van der Waals surface area (Å²) >= 11 is 0. The van der Waals surface area contributed by atoms with Gasteiger partial charge in [-0.25, -0.2) is 0 Å². The third-order valence-electron chi connectivity index (χ3n) is 2.43. The zero-order valence-electron chi connectivity index (χ0n) is 11.8. The largest absolute Gasteiger partial charge is 0.369 e. The van der Waals surface area contributed by atoms with Gasteiger partial charge in [0.2, 0.25) is 5.95 Å². The molecule has 1 aromatic rings. The molecule has 0 amide bonds. The zero-order valence-corrected chi connectivity index (χ0v) is 11.8. The van der Waals surface area contributed by atoms with Crippen molar-refractivity contribution in [3.05, 3.63) is 6.20 Å². The third kappa shape index (κ3) is 6.34. The van der Waals surface area contributed by atoms with Gasteiger partial charge in [-0.05, 0) is 26.4 Å². The molecule has 0 aromatic carbocycles. The Hall–Kier alpha value is -1.43. The van der Waals surface area contributed by atoms with Crippen LogP contribution >= 0.6 is 0 Å². The summed E-state index contributed by atoms with van der Waals surface area (Å²) in [4.78, 5) is 6.45. The fourth-order valence-electron chi connectivity index (χ4n) is 1.34. The minimum atomic E-state index is 0.575. The van der Waals surface area contributed by atoms with Crippen molar-refractivity contribution in [1.82, 2.24) is 20.1 Å². The monoisotopic (exact) mass is 252 g/mol. The molecule has 1 aromatic heterocycles. The quantitative estimate of drug-likeness (QED) is 0.727. The first-order valence-corrected chi connectivity index (χ1v) is 6.40. The highest BCUT2D eigenvalue weighted by Crippen LogP contribution is 2.05. The van der Waals surface area contributed by atoms with Crippen LogP contribution in [0.1, 0.15) is 20.3 Å². The van der Waals surface area contributed by atoms with Crippen LogP contribution in [-0.4, -0.2) is 53.8 Å². The van der Waals surface area contributed by atoms with E-state index in [-0.39, 0.29) is 0 Å². The smallest absolute Gasteiger partial charge is 0.244 e. The molecule has 0 atom stereocenters. The molecule has 1 heterocycles. The molecule has 6 nitrogen and oxygen atoms in total. The van der Waals surface area contributed by atoms with Crippen LogP contribution in [0.3, 0.4) is 0 Å². The molecule has 1 rings (SSSR count). The lowest BCUT2D eigenvalue weighted by Gasteiger charge is -2.11. The van der Waals surface area contributed by atoms with Crippen LogP contribution < -0.4 is 10.6 Å². The van der Waals surface area contributed by atoms with Crippen LogP contribution in [0.25, 0.3) is 0 Å². The topological polar surface area (TPSA) is 66.0 Å². The Balaban J connectivity index is 2.36. The summed E-state index contributed by atoms with van der Waals surface area (Å²) in [6.45, 7) is 7.06. The molecule has 0 saturated carbocycles. The van der Waals surface area contributed by atoms with Crippen molar-refractivity contribution in [3.63, 3.8) is 0 Å². The number of aromatic nitrogens is 3. The number of nitrogens with one attached hydrogen (secondary N) is 2. The molecule has 0 aliphatic rings. The van der Waals surface area contributed by atoms with Crippen LogP contribution in [0.2, 0.25) is 0 Å². The first-order chi connectivity index (χ1) is 8.58. The molecule has 2 N–H and O–H groups in total. The Morgan fingerprint density at radius 1 is 1.22 bits per heavy atom. The number of likely N-dealkylation sites (N-methyl/N-ethyl adjacent to an activating group) is 1. The summed E-state index contributed by atoms with van der Waals surface area (Å²) in [5, 5.41) is 14.3.